The van der Waals surface area contributed by atoms with Crippen molar-refractivity contribution in [3.05, 3.63) is 0 Å². The number of ether oxygens (including phenoxy) is 2. The quantitative estimate of drug-likeness (QED) is 0.655. The molecular weight excluding hydrogens is 194 g/mol. The Bertz CT molecular complexity index is 281. The fourth-order valence-electron chi connectivity index (χ4n) is 2.41. The summed E-state index contributed by atoms with van der Waals surface area (Å²) in [6.07, 6.45) is 1.41. The van der Waals surface area contributed by atoms with Crippen LogP contribution in [0, 0.1) is 5.41 Å². The van der Waals surface area contributed by atoms with E-state index < -0.39 is 11.1 Å². The van der Waals surface area contributed by atoms with Gasteiger partial charge < -0.3 is 15.2 Å². The Hall–Kier alpha value is -0.610. The molecule has 1 saturated heterocycles. The van der Waals surface area contributed by atoms with E-state index in [1.165, 1.54) is 0 Å². The number of nitrogens with two attached hydrogens (primary N) is 1. The average Bonchev–Trinajstić information content (AvgIpc) is 1.91. The third-order valence-electron chi connectivity index (χ3n) is 3.00. The van der Waals surface area contributed by atoms with Crippen LogP contribution < -0.4 is 5.73 Å². The highest BCUT2D eigenvalue weighted by Crippen LogP contribution is 2.52. The van der Waals surface area contributed by atoms with E-state index in [0.717, 1.165) is 13.2 Å². The number of carbonyl (C=O) groups is 1. The van der Waals surface area contributed by atoms with Gasteiger partial charge in [-0.15, -0.1) is 0 Å². The summed E-state index contributed by atoms with van der Waals surface area (Å²) in [5.41, 5.74) is 4.97. The Morgan fingerprint density at radius 3 is 2.20 bits per heavy atom. The molecule has 2 rings (SSSR count). The van der Waals surface area contributed by atoms with Crippen LogP contribution in [0.3, 0.4) is 0 Å². The van der Waals surface area contributed by atoms with Gasteiger partial charge in [-0.1, -0.05) is 0 Å². The smallest absolute Gasteiger partial charge is 0.326 e. The van der Waals surface area contributed by atoms with Crippen LogP contribution in [0.15, 0.2) is 0 Å². The molecule has 0 bridgehead atoms. The fraction of sp³-hybridized carbons (Fsp3) is 0.909. The lowest BCUT2D eigenvalue weighted by Crippen LogP contribution is -2.69. The highest BCUT2D eigenvalue weighted by atomic mass is 16.6. The van der Waals surface area contributed by atoms with E-state index in [2.05, 4.69) is 0 Å². The molecule has 2 N–H and O–H groups in total. The second-order valence-electron chi connectivity index (χ2n) is 6.00. The molecule has 0 aromatic rings. The van der Waals surface area contributed by atoms with Crippen molar-refractivity contribution in [2.24, 2.45) is 11.1 Å². The summed E-state index contributed by atoms with van der Waals surface area (Å²) in [5, 5.41) is 0. The van der Waals surface area contributed by atoms with E-state index in [1.54, 1.807) is 0 Å². The molecule has 4 nitrogen and oxygen atoms in total. The zero-order chi connectivity index (χ0) is 11.3. The van der Waals surface area contributed by atoms with Crippen LogP contribution in [-0.2, 0) is 14.3 Å². The average molecular weight is 213 g/mol. The second kappa shape index (κ2) is 2.95. The van der Waals surface area contributed by atoms with E-state index in [0.29, 0.717) is 12.8 Å². The van der Waals surface area contributed by atoms with Crippen LogP contribution >= 0.6 is 0 Å². The first-order valence-corrected chi connectivity index (χ1v) is 5.35. The van der Waals surface area contributed by atoms with E-state index in [4.69, 9.17) is 15.2 Å². The molecule has 0 amide bonds. The monoisotopic (exact) mass is 213 g/mol. The first-order chi connectivity index (χ1) is 6.75. The maximum atomic E-state index is 11.8. The van der Waals surface area contributed by atoms with Crippen molar-refractivity contribution < 1.29 is 14.3 Å². The molecule has 0 radical (unpaired) electrons. The van der Waals surface area contributed by atoms with Gasteiger partial charge in [-0.05, 0) is 33.6 Å². The lowest BCUT2D eigenvalue weighted by Gasteiger charge is -2.57. The summed E-state index contributed by atoms with van der Waals surface area (Å²) in [5.74, 6) is -0.271. The molecule has 0 unspecified atom stereocenters. The predicted octanol–water partition coefficient (Wildman–Crippen LogP) is 0.836. The van der Waals surface area contributed by atoms with E-state index >= 15 is 0 Å². The third-order valence-corrected chi connectivity index (χ3v) is 3.00. The lowest BCUT2D eigenvalue weighted by atomic mass is 9.56. The summed E-state index contributed by atoms with van der Waals surface area (Å²) in [6, 6.07) is 0. The van der Waals surface area contributed by atoms with E-state index in [-0.39, 0.29) is 11.4 Å². The molecule has 0 aromatic heterocycles. The van der Waals surface area contributed by atoms with E-state index in [9.17, 15) is 4.79 Å². The zero-order valence-corrected chi connectivity index (χ0v) is 9.63. The predicted molar refractivity (Wildman–Crippen MR) is 55.2 cm³/mol. The van der Waals surface area contributed by atoms with Crippen molar-refractivity contribution in [2.75, 3.05) is 13.2 Å². The summed E-state index contributed by atoms with van der Waals surface area (Å²) in [4.78, 5) is 11.8. The number of hydrogen-bond donors (Lipinski definition) is 1. The second-order valence-corrected chi connectivity index (χ2v) is 6.00. The zero-order valence-electron chi connectivity index (χ0n) is 9.63. The molecule has 15 heavy (non-hydrogen) atoms. The number of hydrogen-bond acceptors (Lipinski definition) is 4. The third kappa shape index (κ3) is 1.88. The van der Waals surface area contributed by atoms with Gasteiger partial charge in [-0.2, -0.15) is 0 Å². The molecule has 2 aliphatic rings. The molecule has 4 heteroatoms. The number of rotatable bonds is 1. The van der Waals surface area contributed by atoms with Gasteiger partial charge in [0.25, 0.3) is 0 Å². The number of carbonyl (C=O) groups excluding carboxylic acids is 1. The van der Waals surface area contributed by atoms with Crippen molar-refractivity contribution in [3.8, 4) is 0 Å². The normalized spacial score (nSPS) is 26.7. The minimum atomic E-state index is -0.767. The first-order valence-electron chi connectivity index (χ1n) is 5.35. The maximum Gasteiger partial charge on any atom is 0.326 e. The topological polar surface area (TPSA) is 61.5 Å². The molecule has 2 fully saturated rings. The lowest BCUT2D eigenvalue weighted by molar-refractivity contribution is -0.207. The molecule has 1 aliphatic heterocycles. The van der Waals surface area contributed by atoms with Gasteiger partial charge in [-0.25, -0.2) is 0 Å². The minimum absolute atomic E-state index is 0.186. The van der Waals surface area contributed by atoms with Crippen LogP contribution in [0.4, 0.5) is 0 Å². The summed E-state index contributed by atoms with van der Waals surface area (Å²) in [7, 11) is 0. The molecule has 0 aromatic carbocycles. The van der Waals surface area contributed by atoms with Gasteiger partial charge >= 0.3 is 5.97 Å². The summed E-state index contributed by atoms with van der Waals surface area (Å²) in [6.45, 7) is 7.06. The van der Waals surface area contributed by atoms with Crippen LogP contribution in [0.1, 0.15) is 33.6 Å². The molecule has 1 spiro atoms. The van der Waals surface area contributed by atoms with Crippen molar-refractivity contribution in [2.45, 2.75) is 44.8 Å². The minimum Gasteiger partial charge on any atom is -0.459 e. The number of esters is 1. The Labute approximate surface area is 90.1 Å². The Kier molecular flexibility index (Phi) is 2.14. The fourth-order valence-corrected chi connectivity index (χ4v) is 2.41. The molecule has 86 valence electrons. The molecular formula is C11H19NO3. The van der Waals surface area contributed by atoms with Gasteiger partial charge in [-0.3, -0.25) is 4.79 Å². The van der Waals surface area contributed by atoms with Crippen molar-refractivity contribution >= 4 is 5.97 Å². The van der Waals surface area contributed by atoms with Gasteiger partial charge in [0.1, 0.15) is 11.1 Å². The van der Waals surface area contributed by atoms with Gasteiger partial charge in [0.05, 0.1) is 13.2 Å². The summed E-state index contributed by atoms with van der Waals surface area (Å²) < 4.78 is 10.4. The Morgan fingerprint density at radius 2 is 1.87 bits per heavy atom. The van der Waals surface area contributed by atoms with Crippen LogP contribution in [-0.4, -0.2) is 30.3 Å². The van der Waals surface area contributed by atoms with Gasteiger partial charge in [0.2, 0.25) is 0 Å². The largest absolute Gasteiger partial charge is 0.459 e. The highest BCUT2D eigenvalue weighted by Gasteiger charge is 2.61. The standard InChI is InChI=1S/C11H19NO3/c1-9(2,3)15-8(13)11(12)4-10(5-11)6-14-7-10/h4-7,12H2,1-3H3. The first kappa shape index (κ1) is 10.9. The summed E-state index contributed by atoms with van der Waals surface area (Å²) >= 11 is 0. The van der Waals surface area contributed by atoms with Crippen molar-refractivity contribution in [1.82, 2.24) is 0 Å². The Morgan fingerprint density at radius 1 is 1.33 bits per heavy atom. The van der Waals surface area contributed by atoms with Gasteiger partial charge in [0, 0.05) is 5.41 Å². The maximum absolute atomic E-state index is 11.8. The molecule has 1 saturated carbocycles. The Balaban J connectivity index is 1.92. The van der Waals surface area contributed by atoms with Crippen LogP contribution in [0.2, 0.25) is 0 Å². The van der Waals surface area contributed by atoms with E-state index in [1.807, 2.05) is 20.8 Å². The van der Waals surface area contributed by atoms with Crippen molar-refractivity contribution in [1.29, 1.82) is 0 Å². The highest BCUT2D eigenvalue weighted by molar-refractivity contribution is 5.82. The van der Waals surface area contributed by atoms with Crippen LogP contribution in [0.25, 0.3) is 0 Å². The van der Waals surface area contributed by atoms with Gasteiger partial charge in [0.15, 0.2) is 0 Å². The molecule has 0 atom stereocenters. The van der Waals surface area contributed by atoms with Crippen molar-refractivity contribution in [3.63, 3.8) is 0 Å². The van der Waals surface area contributed by atoms with Crippen LogP contribution in [0.5, 0.6) is 0 Å². The molecule has 1 aliphatic carbocycles. The molecule has 1 heterocycles. The SMILES string of the molecule is CC(C)(C)OC(=O)C1(N)CC2(COC2)C1.